The van der Waals surface area contributed by atoms with Gasteiger partial charge in [-0.25, -0.2) is 0 Å². The third-order valence-corrected chi connectivity index (χ3v) is 5.53. The molecular formula is C26H54O3. The lowest BCUT2D eigenvalue weighted by Gasteiger charge is -2.07. The standard InChI is InChI=1S/C26H54O3/c1-3-5-7-9-10-11-12-13-14-15-16-18-20-22-28-24-26-29-25-23-27-21-19-17-8-6-4-2/h3-26H2,1-2H3. The maximum absolute atomic E-state index is 5.65. The monoisotopic (exact) mass is 414 g/mol. The van der Waals surface area contributed by atoms with Crippen molar-refractivity contribution < 1.29 is 14.2 Å². The molecular weight excluding hydrogens is 360 g/mol. The van der Waals surface area contributed by atoms with Crippen LogP contribution in [0.5, 0.6) is 0 Å². The third kappa shape index (κ3) is 27.9. The van der Waals surface area contributed by atoms with E-state index in [9.17, 15) is 0 Å². The number of ether oxygens (including phenoxy) is 3. The second-order valence-corrected chi connectivity index (χ2v) is 8.49. The first-order valence-electron chi connectivity index (χ1n) is 13.1. The predicted molar refractivity (Wildman–Crippen MR) is 127 cm³/mol. The van der Waals surface area contributed by atoms with Gasteiger partial charge in [0.25, 0.3) is 0 Å². The summed E-state index contributed by atoms with van der Waals surface area (Å²) >= 11 is 0. The molecule has 0 aliphatic carbocycles. The fraction of sp³-hybridized carbons (Fsp3) is 1.00. The van der Waals surface area contributed by atoms with Gasteiger partial charge in [0.05, 0.1) is 26.4 Å². The van der Waals surface area contributed by atoms with Gasteiger partial charge in [-0.05, 0) is 12.8 Å². The Hall–Kier alpha value is -0.120. The van der Waals surface area contributed by atoms with E-state index in [1.807, 2.05) is 0 Å². The van der Waals surface area contributed by atoms with Crippen LogP contribution in [0.25, 0.3) is 0 Å². The smallest absolute Gasteiger partial charge is 0.0701 e. The Morgan fingerprint density at radius 3 is 0.828 bits per heavy atom. The van der Waals surface area contributed by atoms with Crippen LogP contribution in [-0.2, 0) is 14.2 Å². The van der Waals surface area contributed by atoms with Gasteiger partial charge >= 0.3 is 0 Å². The summed E-state index contributed by atoms with van der Waals surface area (Å²) in [5.74, 6) is 0. The lowest BCUT2D eigenvalue weighted by Crippen LogP contribution is -2.10. The van der Waals surface area contributed by atoms with E-state index in [4.69, 9.17) is 14.2 Å². The largest absolute Gasteiger partial charge is 0.379 e. The number of rotatable bonds is 26. The Labute approximate surface area is 183 Å². The van der Waals surface area contributed by atoms with Crippen molar-refractivity contribution in [3.63, 3.8) is 0 Å². The molecule has 0 spiro atoms. The summed E-state index contributed by atoms with van der Waals surface area (Å²) in [4.78, 5) is 0. The Morgan fingerprint density at radius 2 is 0.517 bits per heavy atom. The Morgan fingerprint density at radius 1 is 0.276 bits per heavy atom. The third-order valence-electron chi connectivity index (χ3n) is 5.53. The molecule has 0 unspecified atom stereocenters. The first-order chi connectivity index (χ1) is 14.4. The van der Waals surface area contributed by atoms with E-state index in [2.05, 4.69) is 13.8 Å². The normalized spacial score (nSPS) is 11.4. The second kappa shape index (κ2) is 27.9. The van der Waals surface area contributed by atoms with Crippen LogP contribution >= 0.6 is 0 Å². The van der Waals surface area contributed by atoms with E-state index in [1.165, 1.54) is 116 Å². The van der Waals surface area contributed by atoms with Crippen molar-refractivity contribution in [2.24, 2.45) is 0 Å². The molecule has 0 radical (unpaired) electrons. The van der Waals surface area contributed by atoms with Crippen LogP contribution in [0.2, 0.25) is 0 Å². The summed E-state index contributed by atoms with van der Waals surface area (Å²) in [6, 6.07) is 0. The maximum atomic E-state index is 5.65. The molecule has 0 aromatic carbocycles. The summed E-state index contributed by atoms with van der Waals surface area (Å²) < 4.78 is 16.8. The van der Waals surface area contributed by atoms with E-state index in [0.717, 1.165) is 19.8 Å². The lowest BCUT2D eigenvalue weighted by atomic mass is 10.0. The molecule has 3 heteroatoms. The van der Waals surface area contributed by atoms with Gasteiger partial charge in [0, 0.05) is 13.2 Å². The number of hydrogen-bond donors (Lipinski definition) is 0. The minimum atomic E-state index is 0.692. The molecule has 0 aromatic rings. The SMILES string of the molecule is CCCCCCCCCCCCCCCOCCOCCOCCCCCCC. The summed E-state index contributed by atoms with van der Waals surface area (Å²) in [6.07, 6.45) is 24.6. The molecule has 0 aliphatic heterocycles. The topological polar surface area (TPSA) is 27.7 Å². The molecule has 0 bridgehead atoms. The van der Waals surface area contributed by atoms with Crippen LogP contribution < -0.4 is 0 Å². The van der Waals surface area contributed by atoms with Gasteiger partial charge in [-0.2, -0.15) is 0 Å². The molecule has 0 atom stereocenters. The fourth-order valence-electron chi connectivity index (χ4n) is 3.57. The predicted octanol–water partition coefficient (Wildman–Crippen LogP) is 8.10. The molecule has 0 heterocycles. The molecule has 0 aromatic heterocycles. The van der Waals surface area contributed by atoms with Crippen LogP contribution in [0, 0.1) is 0 Å². The van der Waals surface area contributed by atoms with Gasteiger partial charge < -0.3 is 14.2 Å². The van der Waals surface area contributed by atoms with Crippen molar-refractivity contribution in [1.82, 2.24) is 0 Å². The zero-order chi connectivity index (χ0) is 21.1. The average Bonchev–Trinajstić information content (AvgIpc) is 2.74. The van der Waals surface area contributed by atoms with Crippen LogP contribution in [0.1, 0.15) is 129 Å². The van der Waals surface area contributed by atoms with Gasteiger partial charge in [-0.3, -0.25) is 0 Å². The van der Waals surface area contributed by atoms with Crippen LogP contribution in [-0.4, -0.2) is 39.6 Å². The molecule has 0 fully saturated rings. The second-order valence-electron chi connectivity index (χ2n) is 8.49. The molecule has 0 saturated carbocycles. The lowest BCUT2D eigenvalue weighted by molar-refractivity contribution is 0.0132. The Bertz CT molecular complexity index is 245. The zero-order valence-corrected chi connectivity index (χ0v) is 20.2. The summed E-state index contributed by atoms with van der Waals surface area (Å²) in [5.41, 5.74) is 0. The summed E-state index contributed by atoms with van der Waals surface area (Å²) in [5, 5.41) is 0. The maximum Gasteiger partial charge on any atom is 0.0701 e. The fourth-order valence-corrected chi connectivity index (χ4v) is 3.57. The molecule has 0 saturated heterocycles. The van der Waals surface area contributed by atoms with Crippen molar-refractivity contribution in [3.05, 3.63) is 0 Å². The highest BCUT2D eigenvalue weighted by molar-refractivity contribution is 4.49. The molecule has 29 heavy (non-hydrogen) atoms. The summed E-state index contributed by atoms with van der Waals surface area (Å²) in [7, 11) is 0. The van der Waals surface area contributed by atoms with Crippen molar-refractivity contribution >= 4 is 0 Å². The van der Waals surface area contributed by atoms with E-state index >= 15 is 0 Å². The van der Waals surface area contributed by atoms with Crippen molar-refractivity contribution in [1.29, 1.82) is 0 Å². The number of hydrogen-bond acceptors (Lipinski definition) is 3. The van der Waals surface area contributed by atoms with Gasteiger partial charge in [-0.1, -0.05) is 117 Å². The molecule has 0 amide bonds. The molecule has 0 N–H and O–H groups in total. The number of unbranched alkanes of at least 4 members (excludes halogenated alkanes) is 16. The van der Waals surface area contributed by atoms with Gasteiger partial charge in [0.15, 0.2) is 0 Å². The first kappa shape index (κ1) is 28.9. The van der Waals surface area contributed by atoms with Crippen molar-refractivity contribution in [3.8, 4) is 0 Å². The van der Waals surface area contributed by atoms with Crippen molar-refractivity contribution in [2.45, 2.75) is 129 Å². The van der Waals surface area contributed by atoms with Gasteiger partial charge in [-0.15, -0.1) is 0 Å². The van der Waals surface area contributed by atoms with Crippen LogP contribution in [0.4, 0.5) is 0 Å². The molecule has 3 nitrogen and oxygen atoms in total. The van der Waals surface area contributed by atoms with Crippen LogP contribution in [0.3, 0.4) is 0 Å². The van der Waals surface area contributed by atoms with Gasteiger partial charge in [0.1, 0.15) is 0 Å². The Balaban J connectivity index is 2.97. The highest BCUT2D eigenvalue weighted by atomic mass is 16.5. The van der Waals surface area contributed by atoms with E-state index in [1.54, 1.807) is 0 Å². The quantitative estimate of drug-likeness (QED) is 0.134. The molecule has 0 rings (SSSR count). The van der Waals surface area contributed by atoms with Gasteiger partial charge in [0.2, 0.25) is 0 Å². The van der Waals surface area contributed by atoms with Crippen LogP contribution in [0.15, 0.2) is 0 Å². The van der Waals surface area contributed by atoms with E-state index in [-0.39, 0.29) is 0 Å². The highest BCUT2D eigenvalue weighted by Gasteiger charge is 1.95. The van der Waals surface area contributed by atoms with Crippen molar-refractivity contribution in [2.75, 3.05) is 39.6 Å². The highest BCUT2D eigenvalue weighted by Crippen LogP contribution is 2.12. The van der Waals surface area contributed by atoms with E-state index < -0.39 is 0 Å². The molecule has 0 aliphatic rings. The van der Waals surface area contributed by atoms with E-state index in [0.29, 0.717) is 19.8 Å². The minimum absolute atomic E-state index is 0.692. The summed E-state index contributed by atoms with van der Waals surface area (Å²) in [6.45, 7) is 9.11. The first-order valence-corrected chi connectivity index (χ1v) is 13.1. The zero-order valence-electron chi connectivity index (χ0n) is 20.2. The Kier molecular flexibility index (Phi) is 27.8. The molecule has 176 valence electrons. The average molecular weight is 415 g/mol. The minimum Gasteiger partial charge on any atom is -0.379 e.